The lowest BCUT2D eigenvalue weighted by Gasteiger charge is -2.22. The van der Waals surface area contributed by atoms with Crippen LogP contribution < -0.4 is 25.6 Å². The van der Waals surface area contributed by atoms with Crippen LogP contribution in [0.1, 0.15) is 40.2 Å². The smallest absolute Gasteiger partial charge is 0.262 e. The number of ether oxygens (including phenoxy) is 2. The van der Waals surface area contributed by atoms with E-state index < -0.39 is 0 Å². The SMILES string of the molecule is COc1cc(/C=C/C(=O)NNC(=S)NC(C)(C)C)ccc1OCC(C)C. The third-order valence-corrected chi connectivity index (χ3v) is 3.18. The quantitative estimate of drug-likeness (QED) is 0.401. The lowest BCUT2D eigenvalue weighted by atomic mass is 10.1. The predicted molar refractivity (Wildman–Crippen MR) is 109 cm³/mol. The van der Waals surface area contributed by atoms with E-state index in [4.69, 9.17) is 21.7 Å². The van der Waals surface area contributed by atoms with E-state index in [1.807, 2.05) is 39.0 Å². The molecule has 1 amide bonds. The highest BCUT2D eigenvalue weighted by molar-refractivity contribution is 7.80. The second-order valence-corrected chi connectivity index (χ2v) is 7.68. The van der Waals surface area contributed by atoms with Gasteiger partial charge in [0.1, 0.15) is 0 Å². The van der Waals surface area contributed by atoms with Crippen molar-refractivity contribution in [3.63, 3.8) is 0 Å². The molecule has 0 radical (unpaired) electrons. The summed E-state index contributed by atoms with van der Waals surface area (Å²) in [6.45, 7) is 10.7. The zero-order valence-corrected chi connectivity index (χ0v) is 17.1. The topological polar surface area (TPSA) is 71.6 Å². The van der Waals surface area contributed by atoms with Crippen LogP contribution in [0.5, 0.6) is 11.5 Å². The molecule has 0 aliphatic rings. The van der Waals surface area contributed by atoms with Crippen molar-refractivity contribution in [2.45, 2.75) is 40.2 Å². The fraction of sp³-hybridized carbons (Fsp3) is 0.474. The molecular formula is C19H29N3O3S. The molecule has 0 aromatic heterocycles. The Bertz CT molecular complexity index is 652. The molecule has 0 unspecified atom stereocenters. The van der Waals surface area contributed by atoms with E-state index in [0.717, 1.165) is 5.56 Å². The summed E-state index contributed by atoms with van der Waals surface area (Å²) >= 11 is 5.10. The van der Waals surface area contributed by atoms with Crippen molar-refractivity contribution in [2.75, 3.05) is 13.7 Å². The van der Waals surface area contributed by atoms with Crippen LogP contribution >= 0.6 is 12.2 Å². The zero-order valence-electron chi connectivity index (χ0n) is 16.3. The van der Waals surface area contributed by atoms with Gasteiger partial charge in [0, 0.05) is 11.6 Å². The van der Waals surface area contributed by atoms with E-state index in [1.165, 1.54) is 6.08 Å². The normalized spacial score (nSPS) is 11.3. The highest BCUT2D eigenvalue weighted by Crippen LogP contribution is 2.28. The molecule has 7 heteroatoms. The number of hydrogen-bond acceptors (Lipinski definition) is 4. The Labute approximate surface area is 161 Å². The van der Waals surface area contributed by atoms with Gasteiger partial charge >= 0.3 is 0 Å². The molecule has 0 heterocycles. The number of methoxy groups -OCH3 is 1. The second-order valence-electron chi connectivity index (χ2n) is 7.27. The van der Waals surface area contributed by atoms with Crippen molar-refractivity contribution in [1.29, 1.82) is 0 Å². The summed E-state index contributed by atoms with van der Waals surface area (Å²) in [5.74, 6) is 1.42. The lowest BCUT2D eigenvalue weighted by Crippen LogP contribution is -2.51. The minimum absolute atomic E-state index is 0.180. The van der Waals surface area contributed by atoms with Crippen molar-refractivity contribution in [2.24, 2.45) is 5.92 Å². The van der Waals surface area contributed by atoms with Gasteiger partial charge in [0.05, 0.1) is 13.7 Å². The summed E-state index contributed by atoms with van der Waals surface area (Å²) in [4.78, 5) is 11.9. The second kappa shape index (κ2) is 10.0. The Hall–Kier alpha value is -2.28. The van der Waals surface area contributed by atoms with Gasteiger partial charge in [-0.25, -0.2) is 0 Å². The molecule has 0 atom stereocenters. The number of carbonyl (C=O) groups excluding carboxylic acids is 1. The van der Waals surface area contributed by atoms with Gasteiger partial charge in [-0.05, 0) is 62.7 Å². The van der Waals surface area contributed by atoms with Gasteiger partial charge in [-0.1, -0.05) is 19.9 Å². The van der Waals surface area contributed by atoms with E-state index in [1.54, 1.807) is 13.2 Å². The summed E-state index contributed by atoms with van der Waals surface area (Å²) in [6.07, 6.45) is 3.10. The van der Waals surface area contributed by atoms with Crippen molar-refractivity contribution < 1.29 is 14.3 Å². The zero-order chi connectivity index (χ0) is 19.7. The average Bonchev–Trinajstić information content (AvgIpc) is 2.54. The minimum atomic E-state index is -0.317. The Morgan fingerprint density at radius 2 is 1.92 bits per heavy atom. The molecule has 0 bridgehead atoms. The Kier molecular flexibility index (Phi) is 8.38. The van der Waals surface area contributed by atoms with Crippen molar-refractivity contribution in [3.8, 4) is 11.5 Å². The summed E-state index contributed by atoms with van der Waals surface area (Å²) in [5.41, 5.74) is 5.82. The maximum Gasteiger partial charge on any atom is 0.262 e. The third kappa shape index (κ3) is 8.71. The first kappa shape index (κ1) is 21.8. The number of nitrogens with one attached hydrogen (secondary N) is 3. The molecule has 1 aromatic carbocycles. The van der Waals surface area contributed by atoms with Gasteiger partial charge in [-0.3, -0.25) is 15.6 Å². The van der Waals surface area contributed by atoms with E-state index in [2.05, 4.69) is 30.0 Å². The number of rotatable bonds is 6. The molecule has 0 aliphatic heterocycles. The average molecular weight is 380 g/mol. The van der Waals surface area contributed by atoms with Gasteiger partial charge < -0.3 is 14.8 Å². The van der Waals surface area contributed by atoms with E-state index in [-0.39, 0.29) is 11.4 Å². The number of thiocarbonyl (C=S) groups is 1. The van der Waals surface area contributed by atoms with Crippen LogP contribution in [0.2, 0.25) is 0 Å². The predicted octanol–water partition coefficient (Wildman–Crippen LogP) is 3.04. The van der Waals surface area contributed by atoms with Gasteiger partial charge in [0.2, 0.25) is 0 Å². The summed E-state index contributed by atoms with van der Waals surface area (Å²) in [7, 11) is 1.59. The van der Waals surface area contributed by atoms with Crippen LogP contribution in [0.4, 0.5) is 0 Å². The minimum Gasteiger partial charge on any atom is -0.493 e. The largest absolute Gasteiger partial charge is 0.493 e. The van der Waals surface area contributed by atoms with Gasteiger partial charge in [-0.15, -0.1) is 0 Å². The summed E-state index contributed by atoms with van der Waals surface area (Å²) in [5, 5.41) is 3.39. The lowest BCUT2D eigenvalue weighted by molar-refractivity contribution is -0.117. The molecule has 0 spiro atoms. The molecule has 0 saturated carbocycles. The molecule has 144 valence electrons. The van der Waals surface area contributed by atoms with Gasteiger partial charge in [-0.2, -0.15) is 0 Å². The first-order valence-electron chi connectivity index (χ1n) is 8.48. The summed E-state index contributed by atoms with van der Waals surface area (Å²) < 4.78 is 11.1. The van der Waals surface area contributed by atoms with Crippen molar-refractivity contribution in [3.05, 3.63) is 29.8 Å². The Balaban J connectivity index is 2.61. The van der Waals surface area contributed by atoms with E-state index >= 15 is 0 Å². The Morgan fingerprint density at radius 3 is 2.50 bits per heavy atom. The molecule has 26 heavy (non-hydrogen) atoms. The monoisotopic (exact) mass is 379 g/mol. The number of amides is 1. The molecule has 0 fully saturated rings. The first-order valence-corrected chi connectivity index (χ1v) is 8.88. The molecular weight excluding hydrogens is 350 g/mol. The first-order chi connectivity index (χ1) is 12.1. The maximum atomic E-state index is 11.9. The van der Waals surface area contributed by atoms with Crippen molar-refractivity contribution in [1.82, 2.24) is 16.2 Å². The van der Waals surface area contributed by atoms with Crippen LogP contribution in [0.3, 0.4) is 0 Å². The molecule has 0 saturated heterocycles. The molecule has 1 aromatic rings. The number of benzene rings is 1. The van der Waals surface area contributed by atoms with Crippen LogP contribution in [0.25, 0.3) is 6.08 Å². The van der Waals surface area contributed by atoms with Crippen LogP contribution in [0.15, 0.2) is 24.3 Å². The van der Waals surface area contributed by atoms with Crippen molar-refractivity contribution >= 4 is 29.3 Å². The summed E-state index contributed by atoms with van der Waals surface area (Å²) in [6, 6.07) is 5.51. The van der Waals surface area contributed by atoms with Crippen LogP contribution in [-0.2, 0) is 4.79 Å². The van der Waals surface area contributed by atoms with Crippen LogP contribution in [0, 0.1) is 5.92 Å². The standard InChI is InChI=1S/C19H29N3O3S/c1-13(2)12-25-15-9-7-14(11-16(15)24-6)8-10-17(23)21-22-18(26)20-19(3,4)5/h7-11,13H,12H2,1-6H3,(H,21,23)(H2,20,22,26)/b10-8+. The molecule has 1 rings (SSSR count). The maximum absolute atomic E-state index is 11.9. The third-order valence-electron chi connectivity index (χ3n) is 2.97. The van der Waals surface area contributed by atoms with Gasteiger partial charge in [0.15, 0.2) is 16.6 Å². The molecule has 0 aliphatic carbocycles. The van der Waals surface area contributed by atoms with Gasteiger partial charge in [0.25, 0.3) is 5.91 Å². The number of carbonyl (C=O) groups is 1. The highest BCUT2D eigenvalue weighted by Gasteiger charge is 2.11. The van der Waals surface area contributed by atoms with E-state index in [9.17, 15) is 4.79 Å². The van der Waals surface area contributed by atoms with Crippen LogP contribution in [-0.4, -0.2) is 30.3 Å². The highest BCUT2D eigenvalue weighted by atomic mass is 32.1. The number of hydrogen-bond donors (Lipinski definition) is 3. The Morgan fingerprint density at radius 1 is 1.23 bits per heavy atom. The number of hydrazine groups is 1. The fourth-order valence-corrected chi connectivity index (χ4v) is 2.22. The van der Waals surface area contributed by atoms with E-state index in [0.29, 0.717) is 29.1 Å². The molecule has 3 N–H and O–H groups in total. The molecule has 6 nitrogen and oxygen atoms in total. The fourth-order valence-electron chi connectivity index (χ4n) is 1.87.